The SMILES string of the molecule is Cc1cccc(C2=C(c3c(C(C)(C)C)c(=C(c4ccccc4)c4ccccc4)cc4c3=[C]([Hf+2])c3cc(C(C)(C)C)ccc3-4)CC=C2)c1C.[Cl-].[Cl-]. The molecule has 251 valence electrons. The molecule has 0 atom stereocenters. The molecule has 0 fully saturated rings. The van der Waals surface area contributed by atoms with Crippen molar-refractivity contribution in [3.63, 3.8) is 0 Å². The Morgan fingerprint density at radius 3 is 1.82 bits per heavy atom. The van der Waals surface area contributed by atoms with Crippen molar-refractivity contribution in [2.75, 3.05) is 0 Å². The summed E-state index contributed by atoms with van der Waals surface area (Å²) in [7, 11) is 0. The van der Waals surface area contributed by atoms with Crippen LogP contribution in [0.3, 0.4) is 0 Å². The van der Waals surface area contributed by atoms with Crippen LogP contribution in [0, 0.1) is 13.8 Å². The smallest absolute Gasteiger partial charge is 1.00 e. The standard InChI is InChI=1S/C47H45.2ClH.Hf/c1-30-17-15-22-36(31(30)2)38-23-16-24-39(38)44-41-28-34-27-35(46(3,4)5)25-26-37(34)40(41)29-42(45(44)47(6,7)8)43(32-18-11-9-12-19-32)33-20-13-10-14-21-33;;;/h9-23,25-27,29H,24H2,1-8H3;2*1H;/q;;;+2/p-2. The first-order chi connectivity index (χ1) is 22.9. The molecule has 0 heterocycles. The zero-order chi connectivity index (χ0) is 34.0. The van der Waals surface area contributed by atoms with Gasteiger partial charge in [0.15, 0.2) is 0 Å². The number of hydrogen-bond donors (Lipinski definition) is 0. The number of benzene rings is 5. The molecule has 0 unspecified atom stereocenters. The molecule has 50 heavy (non-hydrogen) atoms. The zero-order valence-corrected chi connectivity index (χ0v) is 35.5. The summed E-state index contributed by atoms with van der Waals surface area (Å²) in [6.07, 6.45) is 5.73. The fourth-order valence-corrected chi connectivity index (χ4v) is 9.42. The van der Waals surface area contributed by atoms with Gasteiger partial charge in [-0.1, -0.05) is 0 Å². The van der Waals surface area contributed by atoms with Crippen molar-refractivity contribution in [1.82, 2.24) is 0 Å². The van der Waals surface area contributed by atoms with Crippen LogP contribution in [0.2, 0.25) is 0 Å². The molecule has 3 heteroatoms. The van der Waals surface area contributed by atoms with E-state index in [0.717, 1.165) is 30.8 Å². The minimum atomic E-state index is -0.121. The van der Waals surface area contributed by atoms with E-state index in [1.165, 1.54) is 91.7 Å². The van der Waals surface area contributed by atoms with Gasteiger partial charge < -0.3 is 24.8 Å². The molecule has 0 saturated carbocycles. The molecule has 0 spiro atoms. The Morgan fingerprint density at radius 1 is 0.620 bits per heavy atom. The summed E-state index contributed by atoms with van der Waals surface area (Å²) in [5, 5.41) is 2.81. The van der Waals surface area contributed by atoms with Gasteiger partial charge in [0.1, 0.15) is 0 Å². The third-order valence-electron chi connectivity index (χ3n) is 10.3. The molecule has 0 nitrogen and oxygen atoms in total. The van der Waals surface area contributed by atoms with Crippen LogP contribution >= 0.6 is 0 Å². The minimum absolute atomic E-state index is 0. The van der Waals surface area contributed by atoms with Crippen LogP contribution in [0.15, 0.2) is 115 Å². The van der Waals surface area contributed by atoms with E-state index in [4.69, 9.17) is 0 Å². The van der Waals surface area contributed by atoms with Crippen LogP contribution in [0.25, 0.3) is 31.2 Å². The second-order valence-corrected chi connectivity index (χ2v) is 17.4. The van der Waals surface area contributed by atoms with E-state index < -0.39 is 0 Å². The number of allylic oxidation sites excluding steroid dienone is 4. The predicted octanol–water partition coefficient (Wildman–Crippen LogP) is 4.71. The van der Waals surface area contributed by atoms with Gasteiger partial charge >= 0.3 is 304 Å². The summed E-state index contributed by atoms with van der Waals surface area (Å²) in [6, 6.07) is 38.8. The maximum absolute atomic E-state index is 2.57. The van der Waals surface area contributed by atoms with Crippen LogP contribution in [0.1, 0.15) is 98.0 Å². The van der Waals surface area contributed by atoms with Gasteiger partial charge in [-0.15, -0.1) is 0 Å². The van der Waals surface area contributed by atoms with E-state index in [2.05, 4.69) is 171 Å². The van der Waals surface area contributed by atoms with Gasteiger partial charge in [-0.2, -0.15) is 0 Å². The maximum Gasteiger partial charge on any atom is -1.00 e. The second-order valence-electron chi connectivity index (χ2n) is 15.6. The van der Waals surface area contributed by atoms with Crippen molar-refractivity contribution in [2.24, 2.45) is 0 Å². The van der Waals surface area contributed by atoms with E-state index in [0.29, 0.717) is 0 Å². The summed E-state index contributed by atoms with van der Waals surface area (Å²) < 4.78 is 1.53. The van der Waals surface area contributed by atoms with E-state index >= 15 is 0 Å². The average molecular weight is 859 g/mol. The van der Waals surface area contributed by atoms with Gasteiger partial charge in [-0.25, -0.2) is 0 Å². The molecule has 2 aliphatic rings. The summed E-state index contributed by atoms with van der Waals surface area (Å²) in [4.78, 5) is 0. The van der Waals surface area contributed by atoms with Gasteiger partial charge in [0.05, 0.1) is 0 Å². The Labute approximate surface area is 326 Å². The number of aryl methyl sites for hydroxylation is 1. The topological polar surface area (TPSA) is 0 Å². The van der Waals surface area contributed by atoms with E-state index in [9.17, 15) is 0 Å². The van der Waals surface area contributed by atoms with Gasteiger partial charge in [0.25, 0.3) is 0 Å². The molecule has 0 N–H and O–H groups in total. The summed E-state index contributed by atoms with van der Waals surface area (Å²) in [5.74, 6) is 0. The maximum atomic E-state index is 2.57. The van der Waals surface area contributed by atoms with Gasteiger partial charge in [0, 0.05) is 0 Å². The molecule has 2 aliphatic carbocycles. The number of halogens is 2. The fourth-order valence-electron chi connectivity index (χ4n) is 7.74. The first-order valence-corrected chi connectivity index (χ1v) is 19.1. The predicted molar refractivity (Wildman–Crippen MR) is 202 cm³/mol. The molecular formula is C47H45Cl2Hf. The number of fused-ring (bicyclic) bond motifs is 3. The molecule has 0 radical (unpaired) electrons. The Bertz CT molecular complexity index is 2240. The quantitative estimate of drug-likeness (QED) is 0.230. The first-order valence-electron chi connectivity index (χ1n) is 17.3. The Morgan fingerprint density at radius 2 is 1.24 bits per heavy atom. The fraction of sp³-hybridized carbons (Fsp3) is 0.234. The zero-order valence-electron chi connectivity index (χ0n) is 30.4. The van der Waals surface area contributed by atoms with E-state index in [1.807, 2.05) is 0 Å². The Hall–Kier alpha value is -3.23. The molecule has 0 aromatic heterocycles. The van der Waals surface area contributed by atoms with Crippen molar-refractivity contribution in [1.29, 1.82) is 0 Å². The molecule has 0 amide bonds. The van der Waals surface area contributed by atoms with Crippen LogP contribution in [0.4, 0.5) is 0 Å². The van der Waals surface area contributed by atoms with Crippen LogP contribution < -0.4 is 35.3 Å². The number of rotatable bonds is 4. The minimum Gasteiger partial charge on any atom is -1.00 e. The van der Waals surface area contributed by atoms with Gasteiger partial charge in [0.2, 0.25) is 0 Å². The van der Waals surface area contributed by atoms with Crippen molar-refractivity contribution in [2.45, 2.75) is 72.6 Å². The normalized spacial score (nSPS) is 13.5. The molecule has 5 aromatic carbocycles. The van der Waals surface area contributed by atoms with Crippen LogP contribution in [0.5, 0.6) is 0 Å². The largest absolute Gasteiger partial charge is 1.00 e. The average Bonchev–Trinajstić information content (AvgIpc) is 3.65. The van der Waals surface area contributed by atoms with Crippen molar-refractivity contribution in [3.8, 4) is 11.1 Å². The molecule has 5 aromatic rings. The molecule has 0 bridgehead atoms. The van der Waals surface area contributed by atoms with E-state index in [1.54, 1.807) is 0 Å². The van der Waals surface area contributed by atoms with Gasteiger partial charge in [-0.3, -0.25) is 0 Å². The molecule has 7 rings (SSSR count). The monoisotopic (exact) mass is 859 g/mol. The van der Waals surface area contributed by atoms with Crippen molar-refractivity contribution in [3.05, 3.63) is 176 Å². The van der Waals surface area contributed by atoms with E-state index in [-0.39, 0.29) is 35.6 Å². The first kappa shape index (κ1) is 38.0. The molecule has 0 aliphatic heterocycles. The van der Waals surface area contributed by atoms with Gasteiger partial charge in [-0.05, 0) is 0 Å². The van der Waals surface area contributed by atoms with Crippen molar-refractivity contribution >= 4 is 20.0 Å². The summed E-state index contributed by atoms with van der Waals surface area (Å²) >= 11 is 0.968. The Kier molecular flexibility index (Phi) is 11.0. The van der Waals surface area contributed by atoms with Crippen molar-refractivity contribution < 1.29 is 49.2 Å². The second kappa shape index (κ2) is 14.4. The Balaban J connectivity index is 0.00000243. The van der Waals surface area contributed by atoms with Crippen LogP contribution in [-0.2, 0) is 35.2 Å². The summed E-state index contributed by atoms with van der Waals surface area (Å²) in [6.45, 7) is 18.8. The summed E-state index contributed by atoms with van der Waals surface area (Å²) in [5.41, 5.74) is 19.2. The third-order valence-corrected chi connectivity index (χ3v) is 12.2. The van der Waals surface area contributed by atoms with Crippen LogP contribution in [-0.4, -0.2) is 0 Å². The molecule has 0 saturated heterocycles. The third kappa shape index (κ3) is 6.63. The number of hydrogen-bond acceptors (Lipinski definition) is 0. The molecular weight excluding hydrogens is 814 g/mol.